The number of nitrogens with zero attached hydrogens (tertiary/aromatic N) is 1. The van der Waals surface area contributed by atoms with E-state index in [-0.39, 0.29) is 11.6 Å². The zero-order chi connectivity index (χ0) is 12.7. The number of hydrogen-bond donors (Lipinski definition) is 0. The Balaban J connectivity index is 1.99. The van der Waals surface area contributed by atoms with Gasteiger partial charge in [-0.05, 0) is 43.1 Å². The summed E-state index contributed by atoms with van der Waals surface area (Å²) in [7, 11) is 0. The fourth-order valence-electron chi connectivity index (χ4n) is 3.39. The van der Waals surface area contributed by atoms with Gasteiger partial charge in [0.1, 0.15) is 5.82 Å². The molecule has 0 radical (unpaired) electrons. The van der Waals surface area contributed by atoms with E-state index in [1.54, 1.807) is 0 Å². The quantitative estimate of drug-likeness (QED) is 0.760. The average Bonchev–Trinajstić information content (AvgIpc) is 2.39. The van der Waals surface area contributed by atoms with E-state index in [9.17, 15) is 9.18 Å². The molecule has 1 aliphatic carbocycles. The van der Waals surface area contributed by atoms with E-state index in [2.05, 4.69) is 11.8 Å². The normalized spacial score (nSPS) is 27.8. The summed E-state index contributed by atoms with van der Waals surface area (Å²) >= 11 is 0. The van der Waals surface area contributed by atoms with Crippen LogP contribution < -0.4 is 0 Å². The van der Waals surface area contributed by atoms with Gasteiger partial charge in [0, 0.05) is 24.4 Å². The van der Waals surface area contributed by atoms with Crippen LogP contribution in [0.2, 0.25) is 0 Å². The maximum absolute atomic E-state index is 13.3. The van der Waals surface area contributed by atoms with Crippen LogP contribution in [0.25, 0.3) is 0 Å². The molecular weight excluding hydrogens is 229 g/mol. The lowest BCUT2D eigenvalue weighted by Gasteiger charge is -2.41. The van der Waals surface area contributed by atoms with Crippen LogP contribution in [-0.2, 0) is 0 Å². The molecule has 1 aromatic carbocycles. The number of likely N-dealkylation sites (tertiary alicyclic amines) is 1. The predicted octanol–water partition coefficient (Wildman–Crippen LogP) is 2.84. The minimum atomic E-state index is -0.302. The van der Waals surface area contributed by atoms with Crippen molar-refractivity contribution >= 4 is 5.78 Å². The number of hydrogen-bond acceptors (Lipinski definition) is 2. The number of piperidine rings is 1. The molecule has 2 aliphatic rings. The van der Waals surface area contributed by atoms with Crippen LogP contribution in [0.15, 0.2) is 18.2 Å². The van der Waals surface area contributed by atoms with E-state index < -0.39 is 0 Å². The maximum Gasteiger partial charge on any atom is 0.163 e. The first-order chi connectivity index (χ1) is 8.69. The molecule has 1 saturated heterocycles. The van der Waals surface area contributed by atoms with Gasteiger partial charge in [-0.1, -0.05) is 13.0 Å². The number of likely N-dealkylation sites (N-methyl/N-ethyl adjacent to an activating group) is 1. The number of benzene rings is 1. The predicted molar refractivity (Wildman–Crippen MR) is 68.3 cm³/mol. The van der Waals surface area contributed by atoms with Gasteiger partial charge in [-0.15, -0.1) is 0 Å². The van der Waals surface area contributed by atoms with E-state index >= 15 is 0 Å². The lowest BCUT2D eigenvalue weighted by Crippen LogP contribution is -2.42. The van der Waals surface area contributed by atoms with Crippen molar-refractivity contribution < 1.29 is 9.18 Å². The SMILES string of the molecule is CCN1CC[C@H]2CC(=O)c3cc(F)ccc3[C@H]2C1. The number of carbonyl (C=O) groups is 1. The van der Waals surface area contributed by atoms with Gasteiger partial charge in [0.2, 0.25) is 0 Å². The number of carbonyl (C=O) groups excluding carboxylic acids is 1. The number of ketones is 1. The zero-order valence-corrected chi connectivity index (χ0v) is 10.7. The number of halogens is 1. The Bertz CT molecular complexity index is 485. The Morgan fingerprint density at radius 3 is 3.06 bits per heavy atom. The maximum atomic E-state index is 13.3. The number of rotatable bonds is 1. The average molecular weight is 247 g/mol. The molecule has 0 aromatic heterocycles. The molecule has 2 nitrogen and oxygen atoms in total. The third kappa shape index (κ3) is 1.87. The first-order valence-corrected chi connectivity index (χ1v) is 6.74. The number of fused-ring (bicyclic) bond motifs is 3. The Labute approximate surface area is 107 Å². The van der Waals surface area contributed by atoms with Crippen LogP contribution in [0.3, 0.4) is 0 Å². The topological polar surface area (TPSA) is 20.3 Å². The standard InChI is InChI=1S/C15H18FNO/c1-2-17-6-5-10-7-15(18)13-8-11(16)3-4-12(13)14(10)9-17/h3-4,8,10,14H,2,5-7,9H2,1H3/t10-,14-/m0/s1. The molecule has 96 valence electrons. The Hall–Kier alpha value is -1.22. The second kappa shape index (κ2) is 4.47. The van der Waals surface area contributed by atoms with Crippen molar-refractivity contribution in [2.75, 3.05) is 19.6 Å². The van der Waals surface area contributed by atoms with E-state index in [0.717, 1.165) is 31.6 Å². The van der Waals surface area contributed by atoms with Crippen LogP contribution >= 0.6 is 0 Å². The first kappa shape index (κ1) is 11.8. The molecule has 0 saturated carbocycles. The van der Waals surface area contributed by atoms with Crippen LogP contribution in [0.1, 0.15) is 41.6 Å². The molecule has 0 spiro atoms. The summed E-state index contributed by atoms with van der Waals surface area (Å²) < 4.78 is 13.3. The molecule has 1 heterocycles. The van der Waals surface area contributed by atoms with E-state index in [0.29, 0.717) is 23.8 Å². The minimum Gasteiger partial charge on any atom is -0.303 e. The van der Waals surface area contributed by atoms with Gasteiger partial charge in [-0.3, -0.25) is 4.79 Å². The van der Waals surface area contributed by atoms with Crippen LogP contribution in [0.5, 0.6) is 0 Å². The number of Topliss-reactive ketones (excluding diaryl/α,β-unsaturated/α-hetero) is 1. The van der Waals surface area contributed by atoms with Crippen LogP contribution in [0.4, 0.5) is 4.39 Å². The summed E-state index contributed by atoms with van der Waals surface area (Å²) in [6.45, 7) is 5.31. The highest BCUT2D eigenvalue weighted by molar-refractivity contribution is 5.99. The molecule has 1 aromatic rings. The Kier molecular flexibility index (Phi) is 2.94. The third-order valence-electron chi connectivity index (χ3n) is 4.45. The van der Waals surface area contributed by atoms with Crippen molar-refractivity contribution in [2.45, 2.75) is 25.7 Å². The molecule has 2 atom stereocenters. The van der Waals surface area contributed by atoms with Crippen molar-refractivity contribution in [1.82, 2.24) is 4.90 Å². The van der Waals surface area contributed by atoms with Gasteiger partial charge < -0.3 is 4.90 Å². The molecule has 3 heteroatoms. The Morgan fingerprint density at radius 2 is 2.28 bits per heavy atom. The summed E-state index contributed by atoms with van der Waals surface area (Å²) in [5.74, 6) is 0.685. The largest absolute Gasteiger partial charge is 0.303 e. The van der Waals surface area contributed by atoms with Crippen LogP contribution in [-0.4, -0.2) is 30.3 Å². The lowest BCUT2D eigenvalue weighted by molar-refractivity contribution is 0.0872. The first-order valence-electron chi connectivity index (χ1n) is 6.74. The molecule has 3 rings (SSSR count). The van der Waals surface area contributed by atoms with Crippen molar-refractivity contribution in [2.24, 2.45) is 5.92 Å². The van der Waals surface area contributed by atoms with Gasteiger partial charge in [-0.2, -0.15) is 0 Å². The van der Waals surface area contributed by atoms with Crippen molar-refractivity contribution in [1.29, 1.82) is 0 Å². The molecule has 0 unspecified atom stereocenters. The molecule has 1 aliphatic heterocycles. The molecule has 0 bridgehead atoms. The second-order valence-electron chi connectivity index (χ2n) is 5.41. The van der Waals surface area contributed by atoms with Crippen LogP contribution in [0, 0.1) is 11.7 Å². The van der Waals surface area contributed by atoms with Crippen molar-refractivity contribution in [3.63, 3.8) is 0 Å². The van der Waals surface area contributed by atoms with Gasteiger partial charge >= 0.3 is 0 Å². The molecule has 1 fully saturated rings. The summed E-state index contributed by atoms with van der Waals surface area (Å²) in [6.07, 6.45) is 1.68. The highest BCUT2D eigenvalue weighted by Crippen LogP contribution is 2.41. The highest BCUT2D eigenvalue weighted by Gasteiger charge is 2.37. The molecule has 18 heavy (non-hydrogen) atoms. The summed E-state index contributed by atoms with van der Waals surface area (Å²) in [5.41, 5.74) is 1.69. The Morgan fingerprint density at radius 1 is 1.44 bits per heavy atom. The van der Waals surface area contributed by atoms with E-state index in [4.69, 9.17) is 0 Å². The molecule has 0 N–H and O–H groups in total. The fraction of sp³-hybridized carbons (Fsp3) is 0.533. The lowest BCUT2D eigenvalue weighted by atomic mass is 9.71. The monoisotopic (exact) mass is 247 g/mol. The minimum absolute atomic E-state index is 0.121. The van der Waals surface area contributed by atoms with Crippen molar-refractivity contribution in [3.8, 4) is 0 Å². The van der Waals surface area contributed by atoms with Gasteiger partial charge in [0.25, 0.3) is 0 Å². The summed E-state index contributed by atoms with van der Waals surface area (Å²) in [4.78, 5) is 14.5. The van der Waals surface area contributed by atoms with Gasteiger partial charge in [0.15, 0.2) is 5.78 Å². The second-order valence-corrected chi connectivity index (χ2v) is 5.41. The molecule has 0 amide bonds. The van der Waals surface area contributed by atoms with E-state index in [1.165, 1.54) is 12.1 Å². The van der Waals surface area contributed by atoms with Crippen molar-refractivity contribution in [3.05, 3.63) is 35.1 Å². The summed E-state index contributed by atoms with van der Waals surface area (Å²) in [5, 5.41) is 0. The smallest absolute Gasteiger partial charge is 0.163 e. The fourth-order valence-corrected chi connectivity index (χ4v) is 3.39. The van der Waals surface area contributed by atoms with E-state index in [1.807, 2.05) is 6.07 Å². The summed E-state index contributed by atoms with van der Waals surface area (Å²) in [6, 6.07) is 4.72. The van der Waals surface area contributed by atoms with Gasteiger partial charge in [-0.25, -0.2) is 4.39 Å². The molecular formula is C15H18FNO. The third-order valence-corrected chi connectivity index (χ3v) is 4.45. The zero-order valence-electron chi connectivity index (χ0n) is 10.7. The van der Waals surface area contributed by atoms with Gasteiger partial charge in [0.05, 0.1) is 0 Å². The highest BCUT2D eigenvalue weighted by atomic mass is 19.1.